The van der Waals surface area contributed by atoms with Gasteiger partial charge in [0.2, 0.25) is 0 Å². The van der Waals surface area contributed by atoms with Gasteiger partial charge in [-0.1, -0.05) is 12.1 Å². The zero-order chi connectivity index (χ0) is 18.7. The fraction of sp³-hybridized carbons (Fsp3) is 0.368. The van der Waals surface area contributed by atoms with Crippen LogP contribution in [-0.2, 0) is 6.54 Å². The van der Waals surface area contributed by atoms with E-state index in [0.717, 1.165) is 18.2 Å². The second-order valence-electron chi connectivity index (χ2n) is 6.29. The van der Waals surface area contributed by atoms with Crippen molar-refractivity contribution in [3.05, 3.63) is 59.4 Å². The van der Waals surface area contributed by atoms with E-state index in [1.807, 2.05) is 4.90 Å². The summed E-state index contributed by atoms with van der Waals surface area (Å²) >= 11 is 0. The number of aliphatic hydroxyl groups excluding tert-OH is 1. The molecule has 0 unspecified atom stereocenters. The van der Waals surface area contributed by atoms with E-state index in [4.69, 9.17) is 9.47 Å². The molecule has 0 amide bonds. The zero-order valence-corrected chi connectivity index (χ0v) is 14.3. The molecule has 0 aromatic heterocycles. The minimum absolute atomic E-state index is 0.0406. The molecule has 0 aliphatic carbocycles. The number of β-amino-alcohol motifs (C(OH)–C–C–N with tert-alkyl or cyclic N) is 1. The third-order valence-electron chi connectivity index (χ3n) is 4.38. The van der Waals surface area contributed by atoms with E-state index < -0.39 is 29.7 Å². The van der Waals surface area contributed by atoms with Crippen LogP contribution in [-0.4, -0.2) is 42.4 Å². The molecule has 0 spiro atoms. The smallest absolute Gasteiger partial charge is 0.169 e. The highest BCUT2D eigenvalue weighted by Gasteiger charge is 2.30. The third kappa shape index (κ3) is 4.28. The largest absolute Gasteiger partial charge is 0.494 e. The van der Waals surface area contributed by atoms with Crippen LogP contribution in [0.25, 0.3) is 0 Å². The van der Waals surface area contributed by atoms with Gasteiger partial charge in [-0.2, -0.15) is 0 Å². The summed E-state index contributed by atoms with van der Waals surface area (Å²) in [6.07, 6.45) is -0.989. The molecule has 0 bridgehead atoms. The van der Waals surface area contributed by atoms with Crippen LogP contribution in [0.1, 0.15) is 12.0 Å². The van der Waals surface area contributed by atoms with E-state index in [2.05, 4.69) is 0 Å². The molecule has 7 heteroatoms. The Morgan fingerprint density at radius 2 is 1.88 bits per heavy atom. The maximum Gasteiger partial charge on any atom is 0.169 e. The normalized spacial score (nSPS) is 20.8. The predicted molar refractivity (Wildman–Crippen MR) is 89.6 cm³/mol. The minimum atomic E-state index is -0.858. The first-order chi connectivity index (χ1) is 12.5. The molecule has 1 fully saturated rings. The fourth-order valence-corrected chi connectivity index (χ4v) is 3.10. The average Bonchev–Trinajstić information content (AvgIpc) is 2.58. The van der Waals surface area contributed by atoms with Crippen molar-refractivity contribution < 1.29 is 27.8 Å². The molecule has 1 heterocycles. The van der Waals surface area contributed by atoms with Gasteiger partial charge in [0.25, 0.3) is 0 Å². The van der Waals surface area contributed by atoms with Gasteiger partial charge in [-0.15, -0.1) is 0 Å². The van der Waals surface area contributed by atoms with Crippen LogP contribution in [0.3, 0.4) is 0 Å². The summed E-state index contributed by atoms with van der Waals surface area (Å²) in [7, 11) is 1.41. The van der Waals surface area contributed by atoms with Crippen LogP contribution in [0.5, 0.6) is 11.5 Å². The quantitative estimate of drug-likeness (QED) is 0.882. The summed E-state index contributed by atoms with van der Waals surface area (Å²) in [5, 5.41) is 10.3. The lowest BCUT2D eigenvalue weighted by atomic mass is 10.0. The molecule has 140 valence electrons. The number of rotatable bonds is 5. The molecule has 1 N–H and O–H groups in total. The Hall–Kier alpha value is -2.25. The highest BCUT2D eigenvalue weighted by Crippen LogP contribution is 2.25. The van der Waals surface area contributed by atoms with Gasteiger partial charge in [-0.05, 0) is 12.5 Å². The van der Waals surface area contributed by atoms with Crippen molar-refractivity contribution in [3.8, 4) is 11.5 Å². The number of benzene rings is 2. The number of hydrogen-bond acceptors (Lipinski definition) is 4. The van der Waals surface area contributed by atoms with E-state index in [-0.39, 0.29) is 18.0 Å². The summed E-state index contributed by atoms with van der Waals surface area (Å²) in [5.41, 5.74) is 0.475. The Morgan fingerprint density at radius 1 is 1.15 bits per heavy atom. The molecular formula is C19H20F3NO3. The molecule has 3 rings (SSSR count). The molecule has 2 atom stereocenters. The Kier molecular flexibility index (Phi) is 5.68. The van der Waals surface area contributed by atoms with Crippen molar-refractivity contribution in [3.63, 3.8) is 0 Å². The summed E-state index contributed by atoms with van der Waals surface area (Å²) < 4.78 is 51.3. The molecule has 4 nitrogen and oxygen atoms in total. The molecule has 1 aliphatic heterocycles. The first-order valence-corrected chi connectivity index (χ1v) is 8.31. The van der Waals surface area contributed by atoms with Gasteiger partial charge in [0.1, 0.15) is 29.6 Å². The highest BCUT2D eigenvalue weighted by molar-refractivity contribution is 5.31. The molecule has 1 aliphatic rings. The van der Waals surface area contributed by atoms with Crippen LogP contribution in [0, 0.1) is 17.5 Å². The lowest BCUT2D eigenvalue weighted by molar-refractivity contribution is -0.0279. The maximum atomic E-state index is 14.3. The van der Waals surface area contributed by atoms with E-state index in [9.17, 15) is 18.3 Å². The zero-order valence-electron chi connectivity index (χ0n) is 14.3. The van der Waals surface area contributed by atoms with Crippen LogP contribution >= 0.6 is 0 Å². The van der Waals surface area contributed by atoms with Gasteiger partial charge < -0.3 is 14.6 Å². The number of nitrogens with zero attached hydrogens (tertiary/aromatic N) is 1. The van der Waals surface area contributed by atoms with Crippen LogP contribution in [0.2, 0.25) is 0 Å². The summed E-state index contributed by atoms with van der Waals surface area (Å²) in [6, 6.07) is 7.84. The lowest BCUT2D eigenvalue weighted by Gasteiger charge is -2.36. The average molecular weight is 367 g/mol. The number of ether oxygens (including phenoxy) is 2. The molecular weight excluding hydrogens is 347 g/mol. The third-order valence-corrected chi connectivity index (χ3v) is 4.38. The van der Waals surface area contributed by atoms with Gasteiger partial charge in [-0.3, -0.25) is 4.90 Å². The van der Waals surface area contributed by atoms with E-state index in [1.165, 1.54) is 7.11 Å². The minimum Gasteiger partial charge on any atom is -0.494 e. The molecule has 2 aromatic carbocycles. The number of hydrogen-bond donors (Lipinski definition) is 1. The van der Waals surface area contributed by atoms with Crippen LogP contribution in [0.4, 0.5) is 13.2 Å². The second kappa shape index (κ2) is 7.97. The van der Waals surface area contributed by atoms with E-state index in [1.54, 1.807) is 18.2 Å². The van der Waals surface area contributed by atoms with Gasteiger partial charge in [0.05, 0.1) is 7.11 Å². The maximum absolute atomic E-state index is 14.3. The summed E-state index contributed by atoms with van der Waals surface area (Å²) in [5.74, 6) is -1.67. The van der Waals surface area contributed by atoms with E-state index >= 15 is 0 Å². The van der Waals surface area contributed by atoms with Crippen molar-refractivity contribution in [1.82, 2.24) is 4.90 Å². The second-order valence-corrected chi connectivity index (χ2v) is 6.29. The number of halogens is 3. The van der Waals surface area contributed by atoms with Crippen molar-refractivity contribution >= 4 is 0 Å². The van der Waals surface area contributed by atoms with E-state index in [0.29, 0.717) is 25.1 Å². The Labute approximate surface area is 149 Å². The van der Waals surface area contributed by atoms with Crippen molar-refractivity contribution in [2.24, 2.45) is 0 Å². The standard InChI is InChI=1S/C19H20F3NO3/c1-25-18-4-2-3-12(19(18)22)10-23-6-5-17(16(24)11-23)26-15-8-13(20)7-14(21)9-15/h2-4,7-9,16-17,24H,5-6,10-11H2,1H3/t16-,17-/m1/s1. The first kappa shape index (κ1) is 18.5. The number of piperidine rings is 1. The Morgan fingerprint density at radius 3 is 2.54 bits per heavy atom. The molecule has 2 aromatic rings. The molecule has 0 saturated carbocycles. The predicted octanol–water partition coefficient (Wildman–Crippen LogP) is 3.13. The number of aliphatic hydroxyl groups is 1. The summed E-state index contributed by atoms with van der Waals surface area (Å²) in [6.45, 7) is 1.14. The van der Waals surface area contributed by atoms with Gasteiger partial charge in [0.15, 0.2) is 11.6 Å². The summed E-state index contributed by atoms with van der Waals surface area (Å²) in [4.78, 5) is 1.90. The van der Waals surface area contributed by atoms with Gasteiger partial charge in [-0.25, -0.2) is 13.2 Å². The van der Waals surface area contributed by atoms with Crippen molar-refractivity contribution in [2.75, 3.05) is 20.2 Å². The topological polar surface area (TPSA) is 41.9 Å². The van der Waals surface area contributed by atoms with Gasteiger partial charge >= 0.3 is 0 Å². The van der Waals surface area contributed by atoms with Gasteiger partial charge in [0, 0.05) is 43.4 Å². The monoisotopic (exact) mass is 367 g/mol. The lowest BCUT2D eigenvalue weighted by Crippen LogP contribution is -2.48. The Bertz CT molecular complexity index is 751. The van der Waals surface area contributed by atoms with Crippen LogP contribution in [0.15, 0.2) is 36.4 Å². The SMILES string of the molecule is COc1cccc(CN2CC[C@@H](Oc3cc(F)cc(F)c3)[C@H](O)C2)c1F. The van der Waals surface area contributed by atoms with Crippen molar-refractivity contribution in [1.29, 1.82) is 0 Å². The number of methoxy groups -OCH3 is 1. The first-order valence-electron chi connectivity index (χ1n) is 8.31. The van der Waals surface area contributed by atoms with Crippen LogP contribution < -0.4 is 9.47 Å². The Balaban J connectivity index is 1.61. The highest BCUT2D eigenvalue weighted by atomic mass is 19.1. The molecule has 26 heavy (non-hydrogen) atoms. The van der Waals surface area contributed by atoms with Crippen molar-refractivity contribution in [2.45, 2.75) is 25.2 Å². The fourth-order valence-electron chi connectivity index (χ4n) is 3.10. The molecule has 1 saturated heterocycles. The number of likely N-dealkylation sites (tertiary alicyclic amines) is 1. The molecule has 0 radical (unpaired) electrons.